The van der Waals surface area contributed by atoms with Crippen molar-refractivity contribution in [3.8, 4) is 0 Å². The van der Waals surface area contributed by atoms with Gasteiger partial charge in [-0.15, -0.1) is 0 Å². The first-order chi connectivity index (χ1) is 15.4. The summed E-state index contributed by atoms with van der Waals surface area (Å²) in [5.41, 5.74) is 1.65. The highest BCUT2D eigenvalue weighted by molar-refractivity contribution is 7.92. The summed E-state index contributed by atoms with van der Waals surface area (Å²) in [5.74, 6) is -0.670. The van der Waals surface area contributed by atoms with E-state index in [0.717, 1.165) is 5.56 Å². The van der Waals surface area contributed by atoms with Gasteiger partial charge in [-0.25, -0.2) is 8.42 Å². The van der Waals surface area contributed by atoms with Crippen LogP contribution in [0, 0.1) is 0 Å². The Labute approximate surface area is 187 Å². The molecule has 8 heteroatoms. The lowest BCUT2D eigenvalue weighted by Gasteiger charge is -2.23. The van der Waals surface area contributed by atoms with Gasteiger partial charge in [-0.3, -0.25) is 14.3 Å². The van der Waals surface area contributed by atoms with Crippen molar-refractivity contribution in [1.29, 1.82) is 0 Å². The van der Waals surface area contributed by atoms with Gasteiger partial charge in [0.2, 0.25) is 0 Å². The number of rotatable bonds is 9. The second-order valence-corrected chi connectivity index (χ2v) is 8.72. The lowest BCUT2D eigenvalue weighted by atomic mass is 10.1. The number of nitrogens with zero attached hydrogens (tertiary/aromatic N) is 1. The van der Waals surface area contributed by atoms with E-state index in [9.17, 15) is 18.0 Å². The van der Waals surface area contributed by atoms with E-state index in [1.807, 2.05) is 30.3 Å². The molecule has 166 valence electrons. The largest absolute Gasteiger partial charge is 0.469 e. The van der Waals surface area contributed by atoms with Crippen LogP contribution >= 0.6 is 0 Å². The number of ether oxygens (including phenoxy) is 1. The van der Waals surface area contributed by atoms with Crippen molar-refractivity contribution in [3.63, 3.8) is 0 Å². The van der Waals surface area contributed by atoms with Gasteiger partial charge in [0.1, 0.15) is 0 Å². The Morgan fingerprint density at radius 2 is 1.47 bits per heavy atom. The molecule has 0 radical (unpaired) electrons. The maximum atomic E-state index is 13.1. The van der Waals surface area contributed by atoms with Gasteiger partial charge in [0.15, 0.2) is 0 Å². The zero-order chi connectivity index (χ0) is 23.0. The van der Waals surface area contributed by atoms with E-state index in [1.165, 1.54) is 31.4 Å². The Morgan fingerprint density at radius 3 is 2.06 bits per heavy atom. The van der Waals surface area contributed by atoms with Crippen LogP contribution in [0.3, 0.4) is 0 Å². The summed E-state index contributed by atoms with van der Waals surface area (Å²) in [6.45, 7) is 0.530. The molecule has 0 saturated carbocycles. The minimum Gasteiger partial charge on any atom is -0.469 e. The van der Waals surface area contributed by atoms with E-state index in [-0.39, 0.29) is 23.8 Å². The highest BCUT2D eigenvalue weighted by Gasteiger charge is 2.19. The maximum absolute atomic E-state index is 13.1. The van der Waals surface area contributed by atoms with Gasteiger partial charge in [-0.05, 0) is 42.0 Å². The van der Waals surface area contributed by atoms with Crippen molar-refractivity contribution < 1.29 is 22.7 Å². The molecule has 32 heavy (non-hydrogen) atoms. The summed E-state index contributed by atoms with van der Waals surface area (Å²) in [6, 6.07) is 23.7. The monoisotopic (exact) mass is 452 g/mol. The van der Waals surface area contributed by atoms with E-state index < -0.39 is 16.0 Å². The Balaban J connectivity index is 1.75. The van der Waals surface area contributed by atoms with Crippen molar-refractivity contribution in [2.45, 2.75) is 17.9 Å². The van der Waals surface area contributed by atoms with Crippen LogP contribution in [0.25, 0.3) is 0 Å². The summed E-state index contributed by atoms with van der Waals surface area (Å²) < 4.78 is 32.2. The lowest BCUT2D eigenvalue weighted by Crippen LogP contribution is -2.32. The van der Waals surface area contributed by atoms with Gasteiger partial charge in [0.25, 0.3) is 15.9 Å². The summed E-state index contributed by atoms with van der Waals surface area (Å²) in [7, 11) is -2.41. The zero-order valence-electron chi connectivity index (χ0n) is 17.6. The van der Waals surface area contributed by atoms with Crippen LogP contribution in [0.4, 0.5) is 5.69 Å². The first-order valence-corrected chi connectivity index (χ1v) is 11.5. The van der Waals surface area contributed by atoms with E-state index in [4.69, 9.17) is 4.74 Å². The molecule has 3 aromatic carbocycles. The number of sulfonamides is 1. The van der Waals surface area contributed by atoms with E-state index >= 15 is 0 Å². The second-order valence-electron chi connectivity index (χ2n) is 7.03. The van der Waals surface area contributed by atoms with E-state index in [1.54, 1.807) is 35.2 Å². The van der Waals surface area contributed by atoms with Crippen molar-refractivity contribution in [1.82, 2.24) is 4.90 Å². The SMILES string of the molecule is COC(=O)CCN(Cc1ccccc1)C(=O)c1ccc(NS(=O)(=O)c2ccccc2)cc1. The molecule has 0 saturated heterocycles. The molecule has 0 fully saturated rings. The van der Waals surface area contributed by atoms with E-state index in [0.29, 0.717) is 17.8 Å². The topological polar surface area (TPSA) is 92.8 Å². The van der Waals surface area contributed by atoms with Crippen LogP contribution in [0.1, 0.15) is 22.3 Å². The number of methoxy groups -OCH3 is 1. The Hall–Kier alpha value is -3.65. The van der Waals surface area contributed by atoms with Crippen LogP contribution in [0.15, 0.2) is 89.8 Å². The molecule has 1 N–H and O–H groups in total. The number of carbonyl (C=O) groups is 2. The number of hydrogen-bond donors (Lipinski definition) is 1. The molecule has 1 amide bonds. The smallest absolute Gasteiger partial charge is 0.307 e. The standard InChI is InChI=1S/C24H24N2O5S/c1-31-23(27)16-17-26(18-19-8-4-2-5-9-19)24(28)20-12-14-21(15-13-20)25-32(29,30)22-10-6-3-7-11-22/h2-15,25H,16-18H2,1H3. The molecule has 0 bridgehead atoms. The third-order valence-corrected chi connectivity index (χ3v) is 6.15. The number of anilines is 1. The number of nitrogens with one attached hydrogen (secondary N) is 1. The van der Waals surface area contributed by atoms with Crippen molar-refractivity contribution >= 4 is 27.6 Å². The number of amides is 1. The highest BCUT2D eigenvalue weighted by Crippen LogP contribution is 2.18. The first kappa shape index (κ1) is 23.0. The summed E-state index contributed by atoms with van der Waals surface area (Å²) in [6.07, 6.45) is 0.0734. The maximum Gasteiger partial charge on any atom is 0.307 e. The summed E-state index contributed by atoms with van der Waals surface area (Å²) in [5, 5.41) is 0. The fourth-order valence-corrected chi connectivity index (χ4v) is 4.14. The van der Waals surface area contributed by atoms with Gasteiger partial charge >= 0.3 is 5.97 Å². The third-order valence-electron chi connectivity index (χ3n) is 4.75. The van der Waals surface area contributed by atoms with Gasteiger partial charge < -0.3 is 9.64 Å². The fraction of sp³-hybridized carbons (Fsp3) is 0.167. The molecule has 7 nitrogen and oxygen atoms in total. The van der Waals surface area contributed by atoms with Gasteiger partial charge in [-0.2, -0.15) is 0 Å². The number of hydrogen-bond acceptors (Lipinski definition) is 5. The van der Waals surface area contributed by atoms with Gasteiger partial charge in [0, 0.05) is 24.3 Å². The van der Waals surface area contributed by atoms with Crippen LogP contribution in [0.5, 0.6) is 0 Å². The molecule has 0 aliphatic carbocycles. The van der Waals surface area contributed by atoms with Crippen molar-refractivity contribution in [3.05, 3.63) is 96.1 Å². The molecule has 0 aliphatic rings. The summed E-state index contributed by atoms with van der Waals surface area (Å²) in [4.78, 5) is 26.4. The van der Waals surface area contributed by atoms with Crippen LogP contribution in [-0.4, -0.2) is 38.8 Å². The third kappa shape index (κ3) is 6.18. The van der Waals surface area contributed by atoms with Crippen LogP contribution in [0.2, 0.25) is 0 Å². The molecule has 3 rings (SSSR count). The Bertz CT molecular complexity index is 1150. The van der Waals surface area contributed by atoms with Crippen molar-refractivity contribution in [2.75, 3.05) is 18.4 Å². The van der Waals surface area contributed by atoms with Crippen LogP contribution < -0.4 is 4.72 Å². The molecule has 3 aromatic rings. The van der Waals surface area contributed by atoms with Crippen LogP contribution in [-0.2, 0) is 26.1 Å². The zero-order valence-corrected chi connectivity index (χ0v) is 18.4. The average Bonchev–Trinajstić information content (AvgIpc) is 2.82. The quantitative estimate of drug-likeness (QED) is 0.500. The number of carbonyl (C=O) groups excluding carboxylic acids is 2. The molecular weight excluding hydrogens is 428 g/mol. The fourth-order valence-electron chi connectivity index (χ4n) is 3.06. The molecule has 0 unspecified atom stereocenters. The molecule has 0 spiro atoms. The Morgan fingerprint density at radius 1 is 0.875 bits per heavy atom. The van der Waals surface area contributed by atoms with E-state index in [2.05, 4.69) is 4.72 Å². The molecule has 0 aromatic heterocycles. The normalized spacial score (nSPS) is 10.9. The molecular formula is C24H24N2O5S. The minimum absolute atomic E-state index is 0.0734. The average molecular weight is 453 g/mol. The predicted molar refractivity (Wildman–Crippen MR) is 122 cm³/mol. The second kappa shape index (κ2) is 10.6. The van der Waals surface area contributed by atoms with Crippen molar-refractivity contribution in [2.24, 2.45) is 0 Å². The number of esters is 1. The molecule has 0 atom stereocenters. The molecule has 0 aliphatic heterocycles. The highest BCUT2D eigenvalue weighted by atomic mass is 32.2. The number of benzene rings is 3. The Kier molecular flexibility index (Phi) is 7.62. The predicted octanol–water partition coefficient (Wildman–Crippen LogP) is 3.69. The van der Waals surface area contributed by atoms with Gasteiger partial charge in [-0.1, -0.05) is 48.5 Å². The first-order valence-electron chi connectivity index (χ1n) is 9.97. The minimum atomic E-state index is -3.72. The van der Waals surface area contributed by atoms with Gasteiger partial charge in [0.05, 0.1) is 18.4 Å². The summed E-state index contributed by atoms with van der Waals surface area (Å²) >= 11 is 0. The molecule has 0 heterocycles. The lowest BCUT2D eigenvalue weighted by molar-refractivity contribution is -0.140.